The van der Waals surface area contributed by atoms with Crippen molar-refractivity contribution >= 4 is 55.2 Å². The quantitative estimate of drug-likeness (QED) is 0.787. The molecule has 10 heteroatoms. The SMILES string of the molecule is CS(=O)(=O)N1CCN(c2ccc(NC(=O)CSC3=NCCS3)cc2)CC1. The van der Waals surface area contributed by atoms with Crippen molar-refractivity contribution in [1.29, 1.82) is 0 Å². The Morgan fingerprint density at radius 3 is 2.50 bits per heavy atom. The molecule has 1 N–H and O–H groups in total. The Morgan fingerprint density at radius 1 is 1.23 bits per heavy atom. The third kappa shape index (κ3) is 5.38. The third-order valence-corrected chi connectivity index (χ3v) is 7.66. The Bertz CT molecular complexity index is 772. The molecule has 2 aliphatic heterocycles. The molecule has 7 nitrogen and oxygen atoms in total. The normalized spacial score (nSPS) is 18.7. The zero-order valence-corrected chi connectivity index (χ0v) is 17.0. The molecule has 1 aromatic carbocycles. The van der Waals surface area contributed by atoms with Crippen LogP contribution in [-0.2, 0) is 14.8 Å². The molecule has 1 saturated heterocycles. The zero-order valence-electron chi connectivity index (χ0n) is 14.6. The molecule has 0 aromatic heterocycles. The van der Waals surface area contributed by atoms with E-state index in [2.05, 4.69) is 15.2 Å². The van der Waals surface area contributed by atoms with Crippen molar-refractivity contribution in [2.24, 2.45) is 4.99 Å². The smallest absolute Gasteiger partial charge is 0.234 e. The number of thioether (sulfide) groups is 2. The average molecular weight is 415 g/mol. The fraction of sp³-hybridized carbons (Fsp3) is 0.500. The largest absolute Gasteiger partial charge is 0.369 e. The molecule has 1 amide bonds. The van der Waals surface area contributed by atoms with Crippen LogP contribution < -0.4 is 10.2 Å². The molecular formula is C16H22N4O3S3. The number of hydrogen-bond donors (Lipinski definition) is 1. The summed E-state index contributed by atoms with van der Waals surface area (Å²) in [5.74, 6) is 1.32. The van der Waals surface area contributed by atoms with E-state index in [1.807, 2.05) is 24.3 Å². The number of carbonyl (C=O) groups excluding carboxylic acids is 1. The minimum atomic E-state index is -3.12. The Hall–Kier alpha value is -1.23. The molecule has 142 valence electrons. The summed E-state index contributed by atoms with van der Waals surface area (Å²) in [5, 5.41) is 2.89. The Morgan fingerprint density at radius 2 is 1.92 bits per heavy atom. The van der Waals surface area contributed by atoms with Crippen LogP contribution in [0.3, 0.4) is 0 Å². The van der Waals surface area contributed by atoms with Gasteiger partial charge in [0, 0.05) is 43.3 Å². The summed E-state index contributed by atoms with van der Waals surface area (Å²) in [7, 11) is -3.12. The summed E-state index contributed by atoms with van der Waals surface area (Å²) in [6, 6.07) is 7.66. The van der Waals surface area contributed by atoms with E-state index in [9.17, 15) is 13.2 Å². The van der Waals surface area contributed by atoms with Crippen molar-refractivity contribution in [1.82, 2.24) is 4.31 Å². The Kier molecular flexibility index (Phi) is 6.49. The second-order valence-electron chi connectivity index (χ2n) is 6.03. The van der Waals surface area contributed by atoms with E-state index < -0.39 is 10.0 Å². The second-order valence-corrected chi connectivity index (χ2v) is 10.3. The number of benzene rings is 1. The van der Waals surface area contributed by atoms with Gasteiger partial charge in [-0.2, -0.15) is 4.31 Å². The number of amides is 1. The van der Waals surface area contributed by atoms with Gasteiger partial charge in [0.15, 0.2) is 0 Å². The van der Waals surface area contributed by atoms with Crippen molar-refractivity contribution in [3.8, 4) is 0 Å². The van der Waals surface area contributed by atoms with Gasteiger partial charge in [-0.3, -0.25) is 9.79 Å². The molecule has 0 atom stereocenters. The number of nitrogens with one attached hydrogen (secondary N) is 1. The second kappa shape index (κ2) is 8.64. The number of carbonyl (C=O) groups is 1. The highest BCUT2D eigenvalue weighted by Crippen LogP contribution is 2.23. The lowest BCUT2D eigenvalue weighted by Crippen LogP contribution is -2.48. The van der Waals surface area contributed by atoms with E-state index in [1.54, 1.807) is 11.8 Å². The maximum atomic E-state index is 12.0. The molecule has 0 aliphatic carbocycles. The van der Waals surface area contributed by atoms with Gasteiger partial charge in [0.05, 0.1) is 18.6 Å². The van der Waals surface area contributed by atoms with Crippen molar-refractivity contribution in [3.05, 3.63) is 24.3 Å². The van der Waals surface area contributed by atoms with Gasteiger partial charge in [-0.15, -0.1) is 0 Å². The van der Waals surface area contributed by atoms with E-state index in [0.717, 1.165) is 28.0 Å². The summed E-state index contributed by atoms with van der Waals surface area (Å²) < 4.78 is 25.6. The monoisotopic (exact) mass is 414 g/mol. The van der Waals surface area contributed by atoms with Gasteiger partial charge in [0.1, 0.15) is 4.38 Å². The number of aliphatic imine (C=N–C) groups is 1. The lowest BCUT2D eigenvalue weighted by Gasteiger charge is -2.34. The average Bonchev–Trinajstić information content (AvgIpc) is 3.14. The molecule has 0 radical (unpaired) electrons. The van der Waals surface area contributed by atoms with E-state index >= 15 is 0 Å². The number of nitrogens with zero attached hydrogens (tertiary/aromatic N) is 3. The van der Waals surface area contributed by atoms with Crippen LogP contribution in [0.25, 0.3) is 0 Å². The number of piperazine rings is 1. The molecule has 3 rings (SSSR count). The van der Waals surface area contributed by atoms with Gasteiger partial charge >= 0.3 is 0 Å². The van der Waals surface area contributed by atoms with Crippen molar-refractivity contribution in [2.45, 2.75) is 0 Å². The van der Waals surface area contributed by atoms with Crippen molar-refractivity contribution < 1.29 is 13.2 Å². The van der Waals surface area contributed by atoms with Gasteiger partial charge in [-0.25, -0.2) is 8.42 Å². The molecule has 1 aromatic rings. The van der Waals surface area contributed by atoms with Crippen LogP contribution in [0.2, 0.25) is 0 Å². The highest BCUT2D eigenvalue weighted by Gasteiger charge is 2.23. The van der Waals surface area contributed by atoms with Gasteiger partial charge in [-0.1, -0.05) is 23.5 Å². The number of anilines is 2. The maximum absolute atomic E-state index is 12.0. The lowest BCUT2D eigenvalue weighted by atomic mass is 10.2. The summed E-state index contributed by atoms with van der Waals surface area (Å²) in [4.78, 5) is 18.5. The topological polar surface area (TPSA) is 82.1 Å². The van der Waals surface area contributed by atoms with E-state index in [4.69, 9.17) is 0 Å². The fourth-order valence-corrected chi connectivity index (χ4v) is 5.40. The summed E-state index contributed by atoms with van der Waals surface area (Å²) >= 11 is 3.17. The molecule has 0 unspecified atom stereocenters. The van der Waals surface area contributed by atoms with Gasteiger partial charge in [0.25, 0.3) is 0 Å². The van der Waals surface area contributed by atoms with Crippen molar-refractivity contribution in [3.63, 3.8) is 0 Å². The number of sulfonamides is 1. The first-order valence-corrected chi connectivity index (χ1v) is 12.1. The first-order chi connectivity index (χ1) is 12.4. The number of hydrogen-bond acceptors (Lipinski definition) is 7. The molecular weight excluding hydrogens is 392 g/mol. The van der Waals surface area contributed by atoms with Crippen LogP contribution in [-0.4, -0.2) is 73.5 Å². The van der Waals surface area contributed by atoms with Crippen LogP contribution in [0.15, 0.2) is 29.3 Å². The van der Waals surface area contributed by atoms with Crippen LogP contribution in [0.4, 0.5) is 11.4 Å². The van der Waals surface area contributed by atoms with Crippen molar-refractivity contribution in [2.75, 3.05) is 60.7 Å². The first-order valence-electron chi connectivity index (χ1n) is 8.32. The highest BCUT2D eigenvalue weighted by molar-refractivity contribution is 8.39. The minimum Gasteiger partial charge on any atom is -0.369 e. The molecule has 1 fully saturated rings. The summed E-state index contributed by atoms with van der Waals surface area (Å²) in [6.45, 7) is 3.16. The standard InChI is InChI=1S/C16H22N4O3S3/c1-26(22,23)20-9-7-19(8-10-20)14-4-2-13(3-5-14)18-15(21)12-25-16-17-6-11-24-16/h2-5H,6-12H2,1H3,(H,18,21). The predicted octanol–water partition coefficient (Wildman–Crippen LogP) is 1.54. The predicted molar refractivity (Wildman–Crippen MR) is 111 cm³/mol. The Balaban J connectivity index is 1.48. The molecule has 26 heavy (non-hydrogen) atoms. The third-order valence-electron chi connectivity index (χ3n) is 4.11. The van der Waals surface area contributed by atoms with Crippen LogP contribution in [0.1, 0.15) is 0 Å². The zero-order chi connectivity index (χ0) is 18.6. The highest BCUT2D eigenvalue weighted by atomic mass is 32.2. The van der Waals surface area contributed by atoms with Gasteiger partial charge in [0.2, 0.25) is 15.9 Å². The maximum Gasteiger partial charge on any atom is 0.234 e. The summed E-state index contributed by atoms with van der Waals surface area (Å²) in [6.07, 6.45) is 1.25. The molecule has 0 saturated carbocycles. The molecule has 2 heterocycles. The van der Waals surface area contributed by atoms with Gasteiger partial charge < -0.3 is 10.2 Å². The van der Waals surface area contributed by atoms with Crippen LogP contribution in [0, 0.1) is 0 Å². The minimum absolute atomic E-state index is 0.0419. The number of rotatable bonds is 5. The van der Waals surface area contributed by atoms with E-state index in [-0.39, 0.29) is 5.91 Å². The Labute approximate surface area is 162 Å². The van der Waals surface area contributed by atoms with Gasteiger partial charge in [-0.05, 0) is 24.3 Å². The van der Waals surface area contributed by atoms with E-state index in [1.165, 1.54) is 22.3 Å². The van der Waals surface area contributed by atoms with Crippen LogP contribution in [0.5, 0.6) is 0 Å². The lowest BCUT2D eigenvalue weighted by molar-refractivity contribution is -0.113. The van der Waals surface area contributed by atoms with Crippen LogP contribution >= 0.6 is 23.5 Å². The first kappa shape index (κ1) is 19.5. The van der Waals surface area contributed by atoms with E-state index in [0.29, 0.717) is 31.9 Å². The molecule has 2 aliphatic rings. The molecule has 0 bridgehead atoms. The summed E-state index contributed by atoms with van der Waals surface area (Å²) in [5.41, 5.74) is 1.79. The molecule has 0 spiro atoms. The fourth-order valence-electron chi connectivity index (χ4n) is 2.76.